The summed E-state index contributed by atoms with van der Waals surface area (Å²) in [4.78, 5) is 0. The van der Waals surface area contributed by atoms with E-state index in [1.165, 1.54) is 11.1 Å². The molecule has 1 aromatic rings. The molecule has 1 unspecified atom stereocenters. The zero-order valence-electron chi connectivity index (χ0n) is 16.9. The summed E-state index contributed by atoms with van der Waals surface area (Å²) < 4.78 is 0. The third-order valence-electron chi connectivity index (χ3n) is 4.46. The highest BCUT2D eigenvalue weighted by Crippen LogP contribution is 2.41. The van der Waals surface area contributed by atoms with Gasteiger partial charge in [0.2, 0.25) is 0 Å². The summed E-state index contributed by atoms with van der Waals surface area (Å²) in [6.45, 7) is 20.6. The van der Waals surface area contributed by atoms with Crippen molar-refractivity contribution < 1.29 is 0 Å². The third kappa shape index (κ3) is 4.86. The second-order valence-corrected chi connectivity index (χ2v) is 6.98. The molecule has 1 rings (SSSR count). The minimum Gasteiger partial charge on any atom is -0.399 e. The van der Waals surface area contributed by atoms with E-state index in [0.29, 0.717) is 11.3 Å². The van der Waals surface area contributed by atoms with Crippen LogP contribution in [0.1, 0.15) is 57.2 Å². The Labute approximate surface area is 158 Å². The zero-order chi connectivity index (χ0) is 20.0. The van der Waals surface area contributed by atoms with Crippen molar-refractivity contribution in [3.05, 3.63) is 93.8 Å². The Bertz CT molecular complexity index is 851. The zero-order valence-corrected chi connectivity index (χ0v) is 16.9. The maximum absolute atomic E-state index is 9.20. The van der Waals surface area contributed by atoms with Crippen LogP contribution in [0.25, 0.3) is 0 Å². The number of rotatable bonds is 6. The van der Waals surface area contributed by atoms with E-state index < -0.39 is 0 Å². The minimum absolute atomic E-state index is 0.0266. The van der Waals surface area contributed by atoms with Gasteiger partial charge in [-0.25, -0.2) is 0 Å². The molecule has 0 aliphatic rings. The molecule has 0 heterocycles. The average Bonchev–Trinajstić information content (AvgIpc) is 2.56. The summed E-state index contributed by atoms with van der Waals surface area (Å²) in [5.74, 6) is -0.0266. The summed E-state index contributed by atoms with van der Waals surface area (Å²) in [7, 11) is 0. The summed E-state index contributed by atoms with van der Waals surface area (Å²) in [6, 6.07) is 8.04. The van der Waals surface area contributed by atoms with Crippen molar-refractivity contribution in [2.45, 2.75) is 47.5 Å². The molecule has 0 aliphatic carbocycles. The lowest BCUT2D eigenvalue weighted by Gasteiger charge is -2.28. The quantitative estimate of drug-likeness (QED) is 0.621. The fourth-order valence-corrected chi connectivity index (χ4v) is 3.23. The standard InChI is InChI=1S/C24H30N2/c1-9-20(26)13-22(15(2)3)24(23(16(4)5)17(6)7)21-11-10-19(14-25)12-18(21)8/h9-13,24H,2,4,26H2,1,3,5-8H3/b20-9?,22-13+. The fourth-order valence-electron chi connectivity index (χ4n) is 3.23. The number of allylic oxidation sites excluding steroid dienone is 7. The molecule has 136 valence electrons. The van der Waals surface area contributed by atoms with Crippen LogP contribution in [0.4, 0.5) is 0 Å². The van der Waals surface area contributed by atoms with Gasteiger partial charge in [-0.1, -0.05) is 42.0 Å². The topological polar surface area (TPSA) is 49.8 Å². The molecule has 1 atom stereocenters. The van der Waals surface area contributed by atoms with Crippen LogP contribution < -0.4 is 5.73 Å². The van der Waals surface area contributed by atoms with Gasteiger partial charge in [0.05, 0.1) is 11.6 Å². The number of nitrogens with two attached hydrogens (primary N) is 1. The molecule has 2 nitrogen and oxygen atoms in total. The Morgan fingerprint density at radius 2 is 1.77 bits per heavy atom. The van der Waals surface area contributed by atoms with E-state index in [0.717, 1.165) is 27.8 Å². The van der Waals surface area contributed by atoms with Gasteiger partial charge in [-0.3, -0.25) is 0 Å². The fraction of sp³-hybridized carbons (Fsp3) is 0.292. The highest BCUT2D eigenvalue weighted by molar-refractivity contribution is 5.56. The summed E-state index contributed by atoms with van der Waals surface area (Å²) in [6.07, 6.45) is 3.88. The largest absolute Gasteiger partial charge is 0.399 e. The molecule has 2 N–H and O–H groups in total. The lowest BCUT2D eigenvalue weighted by molar-refractivity contribution is 0.903. The van der Waals surface area contributed by atoms with E-state index in [1.807, 2.05) is 58.0 Å². The molecule has 0 aliphatic heterocycles. The maximum atomic E-state index is 9.20. The van der Waals surface area contributed by atoms with E-state index >= 15 is 0 Å². The SMILES string of the molecule is C=C(C)C(=C(C)C)C(/C(=C/C(N)=CC)C(=C)C)c1ccc(C#N)cc1C. The Balaban J connectivity index is 3.88. The molecule has 0 bridgehead atoms. The molecule has 0 spiro atoms. The lowest BCUT2D eigenvalue weighted by atomic mass is 9.76. The van der Waals surface area contributed by atoms with Crippen molar-refractivity contribution in [1.82, 2.24) is 0 Å². The van der Waals surface area contributed by atoms with Gasteiger partial charge in [-0.05, 0) is 82.0 Å². The van der Waals surface area contributed by atoms with Crippen molar-refractivity contribution in [3.8, 4) is 6.07 Å². The van der Waals surface area contributed by atoms with Gasteiger partial charge in [0, 0.05) is 11.6 Å². The monoisotopic (exact) mass is 346 g/mol. The Morgan fingerprint density at radius 3 is 2.15 bits per heavy atom. The van der Waals surface area contributed by atoms with E-state index in [4.69, 9.17) is 5.73 Å². The van der Waals surface area contributed by atoms with Gasteiger partial charge < -0.3 is 5.73 Å². The summed E-state index contributed by atoms with van der Waals surface area (Å²) >= 11 is 0. The average molecular weight is 347 g/mol. The normalized spacial score (nSPS) is 13.0. The molecule has 0 aromatic heterocycles. The van der Waals surface area contributed by atoms with Crippen LogP contribution in [0.15, 0.2) is 77.1 Å². The van der Waals surface area contributed by atoms with Crippen LogP contribution in [-0.2, 0) is 0 Å². The molecule has 0 fully saturated rings. The molecular formula is C24H30N2. The molecule has 0 amide bonds. The first-order chi connectivity index (χ1) is 12.1. The van der Waals surface area contributed by atoms with Gasteiger partial charge in [0.15, 0.2) is 0 Å². The van der Waals surface area contributed by atoms with Crippen LogP contribution in [0.3, 0.4) is 0 Å². The van der Waals surface area contributed by atoms with Crippen LogP contribution in [-0.4, -0.2) is 0 Å². The highest BCUT2D eigenvalue weighted by atomic mass is 14.6. The van der Waals surface area contributed by atoms with E-state index in [9.17, 15) is 5.26 Å². The first-order valence-corrected chi connectivity index (χ1v) is 8.77. The van der Waals surface area contributed by atoms with Crippen molar-refractivity contribution in [2.24, 2.45) is 5.73 Å². The number of hydrogen-bond donors (Lipinski definition) is 1. The summed E-state index contributed by atoms with van der Waals surface area (Å²) in [5, 5.41) is 9.20. The Morgan fingerprint density at radius 1 is 1.15 bits per heavy atom. The van der Waals surface area contributed by atoms with Crippen molar-refractivity contribution in [2.75, 3.05) is 0 Å². The number of benzene rings is 1. The molecule has 26 heavy (non-hydrogen) atoms. The van der Waals surface area contributed by atoms with Gasteiger partial charge in [0.25, 0.3) is 0 Å². The number of aryl methyl sites for hydroxylation is 1. The minimum atomic E-state index is -0.0266. The number of nitrogens with zero attached hydrogens (tertiary/aromatic N) is 1. The van der Waals surface area contributed by atoms with Crippen LogP contribution in [0.2, 0.25) is 0 Å². The Kier molecular flexibility index (Phi) is 7.41. The van der Waals surface area contributed by atoms with Gasteiger partial charge >= 0.3 is 0 Å². The molecule has 1 aromatic carbocycles. The predicted octanol–water partition coefficient (Wildman–Crippen LogP) is 6.23. The van der Waals surface area contributed by atoms with Crippen molar-refractivity contribution in [3.63, 3.8) is 0 Å². The van der Waals surface area contributed by atoms with Crippen molar-refractivity contribution >= 4 is 0 Å². The van der Waals surface area contributed by atoms with Crippen LogP contribution >= 0.6 is 0 Å². The first kappa shape index (κ1) is 21.3. The van der Waals surface area contributed by atoms with Crippen molar-refractivity contribution in [1.29, 1.82) is 5.26 Å². The van der Waals surface area contributed by atoms with E-state index in [-0.39, 0.29) is 5.92 Å². The first-order valence-electron chi connectivity index (χ1n) is 8.77. The van der Waals surface area contributed by atoms with Gasteiger partial charge in [-0.15, -0.1) is 0 Å². The highest BCUT2D eigenvalue weighted by Gasteiger charge is 2.25. The van der Waals surface area contributed by atoms with Gasteiger partial charge in [0.1, 0.15) is 0 Å². The lowest BCUT2D eigenvalue weighted by Crippen LogP contribution is -2.12. The molecule has 0 radical (unpaired) electrons. The predicted molar refractivity (Wildman–Crippen MR) is 113 cm³/mol. The Hall–Kier alpha value is -2.79. The molecule has 0 saturated carbocycles. The smallest absolute Gasteiger partial charge is 0.0991 e. The second kappa shape index (κ2) is 9.06. The van der Waals surface area contributed by atoms with Crippen LogP contribution in [0.5, 0.6) is 0 Å². The second-order valence-electron chi connectivity index (χ2n) is 6.98. The summed E-state index contributed by atoms with van der Waals surface area (Å²) in [5.41, 5.74) is 15.1. The number of hydrogen-bond acceptors (Lipinski definition) is 2. The number of nitriles is 1. The molecule has 0 saturated heterocycles. The van der Waals surface area contributed by atoms with E-state index in [2.05, 4.69) is 33.1 Å². The van der Waals surface area contributed by atoms with Gasteiger partial charge in [-0.2, -0.15) is 5.26 Å². The molecule has 2 heteroatoms. The third-order valence-corrected chi connectivity index (χ3v) is 4.46. The maximum Gasteiger partial charge on any atom is 0.0991 e. The van der Waals surface area contributed by atoms with E-state index in [1.54, 1.807) is 0 Å². The molecular weight excluding hydrogens is 316 g/mol. The van der Waals surface area contributed by atoms with Crippen LogP contribution in [0, 0.1) is 18.3 Å².